The smallest absolute Gasteiger partial charge is 0.265 e. The second-order valence-corrected chi connectivity index (χ2v) is 4.89. The van der Waals surface area contributed by atoms with Crippen molar-refractivity contribution in [2.24, 2.45) is 0 Å². The Morgan fingerprint density at radius 3 is 2.50 bits per heavy atom. The molecule has 1 aromatic heterocycles. The van der Waals surface area contributed by atoms with Crippen molar-refractivity contribution in [2.75, 3.05) is 6.54 Å². The van der Waals surface area contributed by atoms with Gasteiger partial charge in [0, 0.05) is 18.0 Å². The van der Waals surface area contributed by atoms with Crippen LogP contribution in [0.25, 0.3) is 6.08 Å². The predicted octanol–water partition coefficient (Wildman–Crippen LogP) is 1.40. The molecule has 0 saturated carbocycles. The Balaban J connectivity index is 1.97. The van der Waals surface area contributed by atoms with Crippen LogP contribution >= 0.6 is 0 Å². The summed E-state index contributed by atoms with van der Waals surface area (Å²) in [7, 11) is 0. The van der Waals surface area contributed by atoms with Crippen molar-refractivity contribution in [3.63, 3.8) is 0 Å². The Morgan fingerprint density at radius 1 is 1.08 bits per heavy atom. The average Bonchev–Trinajstić information content (AvgIpc) is 2.61. The lowest BCUT2D eigenvalue weighted by Crippen LogP contribution is -2.47. The van der Waals surface area contributed by atoms with E-state index in [1.165, 1.54) is 6.08 Å². The number of carbonyl (C=O) groups excluding carboxylic acids is 3. The molecule has 2 aromatic rings. The predicted molar refractivity (Wildman–Crippen MR) is 89.3 cm³/mol. The molecule has 0 aliphatic carbocycles. The maximum Gasteiger partial charge on any atom is 0.265 e. The van der Waals surface area contributed by atoms with E-state index < -0.39 is 11.8 Å². The van der Waals surface area contributed by atoms with Gasteiger partial charge in [0.15, 0.2) is 0 Å². The number of aromatic nitrogens is 1. The Bertz CT molecular complexity index is 715. The standard InChI is InChI=1S/C18H17N3O3/c22-13-12-21(18(24)10-9-15-6-2-1-3-7-15)20-17(23)14-16-8-4-5-11-19-16/h1-11,13H,12,14H2,(H,20,23)/b10-9+. The summed E-state index contributed by atoms with van der Waals surface area (Å²) in [5, 5.41) is 0.970. The summed E-state index contributed by atoms with van der Waals surface area (Å²) in [5.41, 5.74) is 3.85. The number of nitrogens with zero attached hydrogens (tertiary/aromatic N) is 2. The van der Waals surface area contributed by atoms with Crippen molar-refractivity contribution in [2.45, 2.75) is 6.42 Å². The van der Waals surface area contributed by atoms with E-state index in [9.17, 15) is 14.4 Å². The van der Waals surface area contributed by atoms with Gasteiger partial charge in [0.25, 0.3) is 5.91 Å². The van der Waals surface area contributed by atoms with Crippen LogP contribution in [0, 0.1) is 0 Å². The van der Waals surface area contributed by atoms with Crippen LogP contribution in [-0.2, 0) is 20.8 Å². The number of benzene rings is 1. The van der Waals surface area contributed by atoms with Gasteiger partial charge in [0.1, 0.15) is 6.29 Å². The summed E-state index contributed by atoms with van der Waals surface area (Å²) in [4.78, 5) is 38.9. The first-order valence-electron chi connectivity index (χ1n) is 7.36. The largest absolute Gasteiger partial charge is 0.301 e. The van der Waals surface area contributed by atoms with Gasteiger partial charge in [-0.05, 0) is 23.8 Å². The lowest BCUT2D eigenvalue weighted by molar-refractivity contribution is -0.138. The maximum absolute atomic E-state index is 12.1. The van der Waals surface area contributed by atoms with Gasteiger partial charge in [-0.3, -0.25) is 20.0 Å². The molecule has 0 saturated heterocycles. The molecule has 1 heterocycles. The van der Waals surface area contributed by atoms with Crippen molar-refractivity contribution >= 4 is 24.2 Å². The molecule has 0 aliphatic rings. The normalized spacial score (nSPS) is 10.3. The molecule has 2 rings (SSSR count). The van der Waals surface area contributed by atoms with Crippen molar-refractivity contribution in [1.82, 2.24) is 15.4 Å². The first-order valence-corrected chi connectivity index (χ1v) is 7.36. The molecule has 0 fully saturated rings. The van der Waals surface area contributed by atoms with E-state index in [2.05, 4.69) is 10.4 Å². The van der Waals surface area contributed by atoms with Crippen LogP contribution in [0.2, 0.25) is 0 Å². The molecular weight excluding hydrogens is 306 g/mol. The highest BCUT2D eigenvalue weighted by atomic mass is 16.2. The van der Waals surface area contributed by atoms with Crippen molar-refractivity contribution in [3.8, 4) is 0 Å². The van der Waals surface area contributed by atoms with Crippen LogP contribution in [0.4, 0.5) is 0 Å². The van der Waals surface area contributed by atoms with E-state index in [4.69, 9.17) is 0 Å². The van der Waals surface area contributed by atoms with Crippen LogP contribution in [-0.4, -0.2) is 34.6 Å². The zero-order valence-electron chi connectivity index (χ0n) is 13.0. The molecule has 0 atom stereocenters. The third-order valence-electron chi connectivity index (χ3n) is 3.07. The highest BCUT2D eigenvalue weighted by molar-refractivity contribution is 5.94. The fourth-order valence-corrected chi connectivity index (χ4v) is 1.94. The SMILES string of the molecule is O=CCN(NC(=O)Cc1ccccn1)C(=O)/C=C/c1ccccc1. The fourth-order valence-electron chi connectivity index (χ4n) is 1.94. The minimum absolute atomic E-state index is 0.0197. The van der Waals surface area contributed by atoms with Gasteiger partial charge in [-0.15, -0.1) is 0 Å². The zero-order chi connectivity index (χ0) is 17.2. The molecule has 6 nitrogen and oxygen atoms in total. The summed E-state index contributed by atoms with van der Waals surface area (Å²) in [6.45, 7) is -0.230. The molecule has 122 valence electrons. The van der Waals surface area contributed by atoms with Crippen molar-refractivity contribution < 1.29 is 14.4 Å². The molecule has 0 spiro atoms. The summed E-state index contributed by atoms with van der Waals surface area (Å²) in [6, 6.07) is 14.5. The Kier molecular flexibility index (Phi) is 6.40. The fraction of sp³-hybridized carbons (Fsp3) is 0.111. The van der Waals surface area contributed by atoms with Crippen molar-refractivity contribution in [3.05, 3.63) is 72.1 Å². The first kappa shape index (κ1) is 17.1. The van der Waals surface area contributed by atoms with Crippen LogP contribution in [0.5, 0.6) is 0 Å². The van der Waals surface area contributed by atoms with E-state index in [1.807, 2.05) is 30.3 Å². The number of amides is 2. The highest BCUT2D eigenvalue weighted by Gasteiger charge is 2.14. The van der Waals surface area contributed by atoms with Crippen LogP contribution in [0.15, 0.2) is 60.8 Å². The third kappa shape index (κ3) is 5.49. The Labute approximate surface area is 139 Å². The highest BCUT2D eigenvalue weighted by Crippen LogP contribution is 2.02. The number of hydrogen-bond acceptors (Lipinski definition) is 4. The van der Waals surface area contributed by atoms with Gasteiger partial charge < -0.3 is 4.79 Å². The minimum Gasteiger partial charge on any atom is -0.301 e. The van der Waals surface area contributed by atoms with Crippen LogP contribution < -0.4 is 5.43 Å². The summed E-state index contributed by atoms with van der Waals surface area (Å²) in [5.74, 6) is -0.905. The number of carbonyl (C=O) groups is 3. The lowest BCUT2D eigenvalue weighted by Gasteiger charge is -2.19. The molecule has 0 radical (unpaired) electrons. The summed E-state index contributed by atoms with van der Waals surface area (Å²) in [6.07, 6.45) is 5.08. The summed E-state index contributed by atoms with van der Waals surface area (Å²) >= 11 is 0. The number of hydrogen-bond donors (Lipinski definition) is 1. The molecule has 0 bridgehead atoms. The van der Waals surface area contributed by atoms with Gasteiger partial charge in [-0.2, -0.15) is 0 Å². The Morgan fingerprint density at radius 2 is 1.83 bits per heavy atom. The van der Waals surface area contributed by atoms with Gasteiger partial charge >= 0.3 is 0 Å². The van der Waals surface area contributed by atoms with E-state index in [0.29, 0.717) is 12.0 Å². The molecule has 1 N–H and O–H groups in total. The van der Waals surface area contributed by atoms with E-state index >= 15 is 0 Å². The second kappa shape index (κ2) is 8.99. The zero-order valence-corrected chi connectivity index (χ0v) is 13.0. The molecule has 24 heavy (non-hydrogen) atoms. The number of aldehydes is 1. The number of hydrazine groups is 1. The van der Waals surface area contributed by atoms with Crippen LogP contribution in [0.3, 0.4) is 0 Å². The third-order valence-corrected chi connectivity index (χ3v) is 3.07. The molecular formula is C18H17N3O3. The topological polar surface area (TPSA) is 79.4 Å². The van der Waals surface area contributed by atoms with E-state index in [0.717, 1.165) is 10.6 Å². The molecule has 0 unspecified atom stereocenters. The maximum atomic E-state index is 12.1. The monoisotopic (exact) mass is 323 g/mol. The molecule has 0 aliphatic heterocycles. The molecule has 1 aromatic carbocycles. The van der Waals surface area contributed by atoms with Gasteiger partial charge in [0.05, 0.1) is 13.0 Å². The number of pyridine rings is 1. The quantitative estimate of drug-likeness (QED) is 0.495. The van der Waals surface area contributed by atoms with Crippen LogP contribution in [0.1, 0.15) is 11.3 Å². The second-order valence-electron chi connectivity index (χ2n) is 4.89. The number of rotatable bonds is 6. The molecule has 2 amide bonds. The van der Waals surface area contributed by atoms with E-state index in [1.54, 1.807) is 30.5 Å². The van der Waals surface area contributed by atoms with Crippen molar-refractivity contribution in [1.29, 1.82) is 0 Å². The minimum atomic E-state index is -0.486. The first-order chi connectivity index (χ1) is 11.7. The average molecular weight is 323 g/mol. The van der Waals surface area contributed by atoms with Gasteiger partial charge in [0.2, 0.25) is 5.91 Å². The molecule has 6 heteroatoms. The Hall–Kier alpha value is -3.28. The van der Waals surface area contributed by atoms with Gasteiger partial charge in [-0.25, -0.2) is 5.01 Å². The van der Waals surface area contributed by atoms with E-state index in [-0.39, 0.29) is 13.0 Å². The number of nitrogens with one attached hydrogen (secondary N) is 1. The summed E-state index contributed by atoms with van der Waals surface area (Å²) < 4.78 is 0. The lowest BCUT2D eigenvalue weighted by atomic mass is 10.2. The van der Waals surface area contributed by atoms with Gasteiger partial charge in [-0.1, -0.05) is 36.4 Å².